The maximum absolute atomic E-state index is 10.4. The number of rotatable bonds is 90. The number of carbonyl (C=O) groups is 2. The molecule has 0 heterocycles. The third-order valence-corrected chi connectivity index (χ3v) is 11.3. The van der Waals surface area contributed by atoms with Gasteiger partial charge in [-0.25, -0.2) is 0 Å². The van der Waals surface area contributed by atoms with Crippen molar-refractivity contribution < 1.29 is 157 Å². The number of hydrogen-bond donors (Lipinski definition) is 2. The molecule has 0 spiro atoms. The quantitative estimate of drug-likeness (QED) is 0.0779. The highest BCUT2D eigenvalue weighted by Gasteiger charge is 2.03. The van der Waals surface area contributed by atoms with E-state index in [9.17, 15) is 9.59 Å². The fourth-order valence-corrected chi connectivity index (χ4v) is 6.58. The van der Waals surface area contributed by atoms with Gasteiger partial charge in [-0.3, -0.25) is 9.59 Å². The average molecular weight is 1400 g/mol. The average Bonchev–Trinajstić information content (AvgIpc) is 3.58. The lowest BCUT2D eigenvalue weighted by Gasteiger charge is -2.09. The molecule has 0 saturated heterocycles. The van der Waals surface area contributed by atoms with Crippen LogP contribution in [0.25, 0.3) is 0 Å². The van der Waals surface area contributed by atoms with E-state index in [1.165, 1.54) is 0 Å². The summed E-state index contributed by atoms with van der Waals surface area (Å²) in [6.45, 7) is 26.3. The van der Waals surface area contributed by atoms with Crippen LogP contribution in [0.3, 0.4) is 0 Å². The van der Waals surface area contributed by atoms with Gasteiger partial charge in [-0.1, -0.05) is 0 Å². The first-order chi connectivity index (χ1) is 47.1. The van der Waals surface area contributed by atoms with Gasteiger partial charge >= 0.3 is 11.9 Å². The van der Waals surface area contributed by atoms with E-state index in [-0.39, 0.29) is 26.1 Å². The van der Waals surface area contributed by atoms with Crippen LogP contribution in [-0.2, 0) is 147 Å². The van der Waals surface area contributed by atoms with Gasteiger partial charge in [-0.2, -0.15) is 0 Å². The van der Waals surface area contributed by atoms with Gasteiger partial charge in [0.05, 0.1) is 396 Å². The first kappa shape index (κ1) is 92.8. The van der Waals surface area contributed by atoms with Crippen LogP contribution in [0.4, 0.5) is 0 Å². The number of carboxylic acid groups (broad SMARTS) is 2. The molecule has 33 nitrogen and oxygen atoms in total. The van der Waals surface area contributed by atoms with Crippen molar-refractivity contribution in [3.63, 3.8) is 0 Å². The Bertz CT molecular complexity index is 1330. The van der Waals surface area contributed by atoms with E-state index in [1.54, 1.807) is 0 Å². The summed E-state index contributed by atoms with van der Waals surface area (Å²) in [5.41, 5.74) is 0. The minimum Gasteiger partial charge on any atom is -0.481 e. The summed E-state index contributed by atoms with van der Waals surface area (Å²) in [5, 5.41) is 17.1. The monoisotopic (exact) mass is 1390 g/mol. The molecule has 0 rings (SSSR count). The van der Waals surface area contributed by atoms with Crippen LogP contribution in [0.5, 0.6) is 0 Å². The van der Waals surface area contributed by atoms with Crippen LogP contribution in [0.15, 0.2) is 0 Å². The van der Waals surface area contributed by atoms with Gasteiger partial charge in [0.2, 0.25) is 0 Å². The van der Waals surface area contributed by atoms with Gasteiger partial charge in [0.1, 0.15) is 0 Å². The zero-order valence-corrected chi connectivity index (χ0v) is 57.0. The van der Waals surface area contributed by atoms with Crippen molar-refractivity contribution in [1.29, 1.82) is 0 Å². The third kappa shape index (κ3) is 91.8. The van der Waals surface area contributed by atoms with Crippen molar-refractivity contribution in [3.05, 3.63) is 0 Å². The molecule has 0 aliphatic heterocycles. The molecule has 0 aliphatic carbocycles. The Morgan fingerprint density at radius 2 is 0.168 bits per heavy atom. The topological polar surface area (TPSA) is 342 Å². The van der Waals surface area contributed by atoms with Crippen molar-refractivity contribution in [1.82, 2.24) is 0 Å². The Kier molecular flexibility index (Phi) is 85.8. The largest absolute Gasteiger partial charge is 0.481 e. The number of carboxylic acids is 2. The maximum atomic E-state index is 10.4. The molecule has 0 atom stereocenters. The molecule has 0 fully saturated rings. The summed E-state index contributed by atoms with van der Waals surface area (Å²) in [5.74, 6) is -1.76. The highest BCUT2D eigenvalue weighted by Crippen LogP contribution is 1.93. The Balaban J connectivity index is 3.09. The Labute approximate surface area is 563 Å². The summed E-state index contributed by atoms with van der Waals surface area (Å²) in [6.07, 6.45) is -0.0240. The van der Waals surface area contributed by atoms with Crippen molar-refractivity contribution in [3.8, 4) is 0 Å². The highest BCUT2D eigenvalue weighted by molar-refractivity contribution is 5.67. The second-order valence-electron chi connectivity index (χ2n) is 19.0. The van der Waals surface area contributed by atoms with Crippen molar-refractivity contribution in [2.24, 2.45) is 0 Å². The minimum atomic E-state index is -0.882. The zero-order chi connectivity index (χ0) is 68.1. The SMILES string of the molecule is O=C(O)CCOCCOCCOCCOCCOCCOCCOCCOCCOCCOCCOCCOCCOCCOCCOCCOCCOCCOCCOCCOCCOCCOCCOCCOCCOCCOCCOCCOCCOCCC(=O)O. The standard InChI is InChI=1S/C62H122O33/c63-61(64)1-3-67-5-7-69-9-11-71-13-15-73-17-19-75-21-23-77-25-27-79-29-31-81-33-35-83-37-39-85-41-43-87-45-47-89-49-51-91-53-55-93-57-59-95-60-58-94-56-54-92-52-50-90-48-46-88-44-42-86-40-38-84-36-34-82-32-30-80-28-26-78-24-22-76-20-18-74-16-14-72-12-10-70-8-6-68-4-2-62(65)66/h1-60H2,(H,63,64)(H,65,66). The first-order valence-electron chi connectivity index (χ1n) is 33.3. The molecule has 95 heavy (non-hydrogen) atoms. The third-order valence-electron chi connectivity index (χ3n) is 11.3. The van der Waals surface area contributed by atoms with Gasteiger partial charge in [-0.15, -0.1) is 0 Å². The normalized spacial score (nSPS) is 11.7. The molecule has 2 N–H and O–H groups in total. The lowest BCUT2D eigenvalue weighted by molar-refractivity contribution is -0.139. The summed E-state index contributed by atoms with van der Waals surface area (Å²) >= 11 is 0. The van der Waals surface area contributed by atoms with Crippen LogP contribution in [0, 0.1) is 0 Å². The zero-order valence-electron chi connectivity index (χ0n) is 57.0. The van der Waals surface area contributed by atoms with Crippen LogP contribution in [0.2, 0.25) is 0 Å². The van der Waals surface area contributed by atoms with Crippen molar-refractivity contribution >= 4 is 11.9 Å². The van der Waals surface area contributed by atoms with Crippen LogP contribution in [-0.4, -0.2) is 405 Å². The van der Waals surface area contributed by atoms with Crippen LogP contribution < -0.4 is 0 Å². The lowest BCUT2D eigenvalue weighted by Crippen LogP contribution is -2.16. The van der Waals surface area contributed by atoms with Gasteiger partial charge < -0.3 is 148 Å². The Morgan fingerprint density at radius 3 is 0.221 bits per heavy atom. The number of aliphatic carboxylic acids is 2. The number of hydrogen-bond acceptors (Lipinski definition) is 31. The molecule has 0 aromatic heterocycles. The molecule has 0 radical (unpaired) electrons. The van der Waals surface area contributed by atoms with E-state index in [1.807, 2.05) is 0 Å². The number of ether oxygens (including phenoxy) is 29. The highest BCUT2D eigenvalue weighted by atomic mass is 16.6. The van der Waals surface area contributed by atoms with E-state index in [0.717, 1.165) is 0 Å². The summed E-state index contributed by atoms with van der Waals surface area (Å²) in [4.78, 5) is 20.8. The molecule has 0 amide bonds. The van der Waals surface area contributed by atoms with E-state index >= 15 is 0 Å². The fraction of sp³-hybridized carbons (Fsp3) is 0.968. The summed E-state index contributed by atoms with van der Waals surface area (Å²) in [6, 6.07) is 0. The smallest absolute Gasteiger partial charge is 0.305 e. The fourth-order valence-electron chi connectivity index (χ4n) is 6.58. The molecule has 568 valence electrons. The minimum absolute atomic E-state index is 0.0120. The molecule has 0 aromatic carbocycles. The predicted octanol–water partition coefficient (Wildman–Crippen LogP) is 0.417. The molecule has 33 heteroatoms. The Hall–Kier alpha value is -2.22. The molecular weight excluding hydrogens is 1270 g/mol. The molecule has 0 aromatic rings. The van der Waals surface area contributed by atoms with Crippen molar-refractivity contribution in [2.45, 2.75) is 12.8 Å². The Morgan fingerprint density at radius 1 is 0.116 bits per heavy atom. The van der Waals surface area contributed by atoms with E-state index in [4.69, 9.17) is 148 Å². The molecule has 0 bridgehead atoms. The predicted molar refractivity (Wildman–Crippen MR) is 338 cm³/mol. The maximum Gasteiger partial charge on any atom is 0.305 e. The molecule has 0 saturated carbocycles. The lowest BCUT2D eigenvalue weighted by atomic mass is 10.5. The van der Waals surface area contributed by atoms with E-state index in [2.05, 4.69) is 0 Å². The van der Waals surface area contributed by atoms with Crippen LogP contribution >= 0.6 is 0 Å². The van der Waals surface area contributed by atoms with E-state index in [0.29, 0.717) is 370 Å². The van der Waals surface area contributed by atoms with Crippen molar-refractivity contribution in [2.75, 3.05) is 383 Å². The second kappa shape index (κ2) is 87.9. The summed E-state index contributed by atoms with van der Waals surface area (Å²) < 4.78 is 158. The first-order valence-corrected chi connectivity index (χ1v) is 33.3. The molecule has 0 aliphatic rings. The van der Waals surface area contributed by atoms with Gasteiger partial charge in [0, 0.05) is 0 Å². The molecule has 0 unspecified atom stereocenters. The van der Waals surface area contributed by atoms with Gasteiger partial charge in [-0.05, 0) is 0 Å². The summed E-state index contributed by atoms with van der Waals surface area (Å²) in [7, 11) is 0. The molecular formula is C62H122O33. The van der Waals surface area contributed by atoms with Gasteiger partial charge in [0.15, 0.2) is 0 Å². The van der Waals surface area contributed by atoms with E-state index < -0.39 is 11.9 Å². The second-order valence-corrected chi connectivity index (χ2v) is 19.0. The van der Waals surface area contributed by atoms with Crippen LogP contribution in [0.1, 0.15) is 12.8 Å². The van der Waals surface area contributed by atoms with Gasteiger partial charge in [0.25, 0.3) is 0 Å².